The van der Waals surface area contributed by atoms with E-state index in [1.807, 2.05) is 22.7 Å². The lowest BCUT2D eigenvalue weighted by Gasteiger charge is -2.25. The van der Waals surface area contributed by atoms with Gasteiger partial charge < -0.3 is 9.47 Å². The molecule has 8 aromatic carbocycles. The Labute approximate surface area is 308 Å². The summed E-state index contributed by atoms with van der Waals surface area (Å²) in [6.07, 6.45) is 0. The van der Waals surface area contributed by atoms with Crippen molar-refractivity contribution in [2.24, 2.45) is 0 Å². The Kier molecular flexibility index (Phi) is 6.63. The number of para-hydroxylation sites is 2. The van der Waals surface area contributed by atoms with Crippen molar-refractivity contribution in [3.63, 3.8) is 0 Å². The monoisotopic (exact) mass is 698 g/mol. The quantitative estimate of drug-likeness (QED) is 0.174. The zero-order valence-corrected chi connectivity index (χ0v) is 29.7. The molecular weight excluding hydrogens is 669 g/mol. The SMILES string of the molecule is c1ccc(N(c2ccccc2)c2ccc(-c3ccc(-n4c5ccc6c7ccccc7sc6c5c5c6sc7ccccc7c6ccc54)cc3)cc2)cc1. The van der Waals surface area contributed by atoms with Gasteiger partial charge in [0.1, 0.15) is 0 Å². The molecule has 0 unspecified atom stereocenters. The van der Waals surface area contributed by atoms with E-state index >= 15 is 0 Å². The highest BCUT2D eigenvalue weighted by molar-refractivity contribution is 7.28. The lowest BCUT2D eigenvalue weighted by Crippen LogP contribution is -2.09. The Morgan fingerprint density at radius 1 is 0.346 bits per heavy atom. The second-order valence-electron chi connectivity index (χ2n) is 13.3. The van der Waals surface area contributed by atoms with Gasteiger partial charge in [0.2, 0.25) is 0 Å². The summed E-state index contributed by atoms with van der Waals surface area (Å²) in [6, 6.07) is 66.2. The minimum Gasteiger partial charge on any atom is -0.311 e. The van der Waals surface area contributed by atoms with Gasteiger partial charge in [-0.3, -0.25) is 0 Å². The van der Waals surface area contributed by atoms with E-state index in [2.05, 4.69) is 191 Å². The third-order valence-electron chi connectivity index (χ3n) is 10.4. The first kappa shape index (κ1) is 29.5. The Morgan fingerprint density at radius 3 is 1.27 bits per heavy atom. The number of nitrogens with zero attached hydrogens (tertiary/aromatic N) is 2. The van der Waals surface area contributed by atoms with Gasteiger partial charge in [-0.25, -0.2) is 0 Å². The number of aromatic nitrogens is 1. The first-order valence-electron chi connectivity index (χ1n) is 17.6. The van der Waals surface area contributed by atoms with Crippen LogP contribution in [0.3, 0.4) is 0 Å². The predicted octanol–water partition coefficient (Wildman–Crippen LogP) is 14.7. The van der Waals surface area contributed by atoms with Crippen molar-refractivity contribution in [3.8, 4) is 16.8 Å². The van der Waals surface area contributed by atoms with Gasteiger partial charge in [0.05, 0.1) is 11.0 Å². The van der Waals surface area contributed by atoms with Crippen molar-refractivity contribution >= 4 is 102 Å². The molecule has 0 atom stereocenters. The molecule has 2 nitrogen and oxygen atoms in total. The number of thiophene rings is 2. The Hall–Kier alpha value is -6.20. The summed E-state index contributed by atoms with van der Waals surface area (Å²) in [5.41, 5.74) is 9.45. The Balaban J connectivity index is 1.06. The summed E-state index contributed by atoms with van der Waals surface area (Å²) in [7, 11) is 0. The van der Waals surface area contributed by atoms with Crippen LogP contribution in [0.15, 0.2) is 182 Å². The zero-order chi connectivity index (χ0) is 34.2. The van der Waals surface area contributed by atoms with Crippen molar-refractivity contribution in [1.82, 2.24) is 4.57 Å². The fraction of sp³-hybridized carbons (Fsp3) is 0. The number of fused-ring (bicyclic) bond motifs is 11. The molecule has 0 spiro atoms. The number of hydrogen-bond acceptors (Lipinski definition) is 3. The van der Waals surface area contributed by atoms with E-state index in [0.717, 1.165) is 17.1 Å². The standard InChI is InChI=1S/C48H30N2S2/c1-3-11-33(12-4-1)49(34-13-5-2-6-14-34)35-23-19-31(20-24-35)32-21-25-36(26-22-32)50-41-29-27-39-37-15-7-9-17-43(37)51-47(39)45(41)46-42(50)30-28-40-38-16-8-10-18-44(38)52-48(40)46/h1-30H. The number of anilines is 3. The molecule has 3 aromatic heterocycles. The molecule has 0 saturated heterocycles. The normalized spacial score (nSPS) is 11.8. The van der Waals surface area contributed by atoms with E-state index in [4.69, 9.17) is 0 Å². The van der Waals surface area contributed by atoms with Crippen molar-refractivity contribution in [3.05, 3.63) is 182 Å². The fourth-order valence-electron chi connectivity index (χ4n) is 8.03. The summed E-state index contributed by atoms with van der Waals surface area (Å²) < 4.78 is 7.87. The highest BCUT2D eigenvalue weighted by atomic mass is 32.1. The molecule has 0 aliphatic heterocycles. The largest absolute Gasteiger partial charge is 0.311 e. The van der Waals surface area contributed by atoms with Gasteiger partial charge in [0.25, 0.3) is 0 Å². The van der Waals surface area contributed by atoms with Crippen LogP contribution in [-0.2, 0) is 0 Å². The number of hydrogen-bond donors (Lipinski definition) is 0. The molecule has 11 rings (SSSR count). The highest BCUT2D eigenvalue weighted by Gasteiger charge is 2.21. The molecule has 52 heavy (non-hydrogen) atoms. The second kappa shape index (κ2) is 11.7. The second-order valence-corrected chi connectivity index (χ2v) is 15.4. The maximum absolute atomic E-state index is 2.47. The maximum atomic E-state index is 2.47. The zero-order valence-electron chi connectivity index (χ0n) is 28.0. The fourth-order valence-corrected chi connectivity index (χ4v) is 10.5. The van der Waals surface area contributed by atoms with Gasteiger partial charge in [0.15, 0.2) is 0 Å². The Morgan fingerprint density at radius 2 is 0.769 bits per heavy atom. The molecule has 0 radical (unpaired) electrons. The van der Waals surface area contributed by atoms with Crippen LogP contribution in [0.25, 0.3) is 79.0 Å². The third kappa shape index (κ3) is 4.48. The van der Waals surface area contributed by atoms with Crippen LogP contribution in [-0.4, -0.2) is 4.57 Å². The first-order chi connectivity index (χ1) is 25.8. The molecule has 0 fully saturated rings. The van der Waals surface area contributed by atoms with Crippen LogP contribution in [0.4, 0.5) is 17.1 Å². The van der Waals surface area contributed by atoms with E-state index in [9.17, 15) is 0 Å². The summed E-state index contributed by atoms with van der Waals surface area (Å²) in [6.45, 7) is 0. The van der Waals surface area contributed by atoms with Crippen molar-refractivity contribution < 1.29 is 0 Å². The highest BCUT2D eigenvalue weighted by Crippen LogP contribution is 2.48. The minimum atomic E-state index is 1.13. The molecule has 3 heterocycles. The van der Waals surface area contributed by atoms with Crippen molar-refractivity contribution in [2.75, 3.05) is 4.90 Å². The van der Waals surface area contributed by atoms with E-state index in [1.165, 1.54) is 79.0 Å². The minimum absolute atomic E-state index is 1.13. The summed E-state index contributed by atoms with van der Waals surface area (Å²) in [4.78, 5) is 2.30. The van der Waals surface area contributed by atoms with E-state index in [0.29, 0.717) is 0 Å². The third-order valence-corrected chi connectivity index (χ3v) is 12.8. The van der Waals surface area contributed by atoms with Crippen LogP contribution in [0.1, 0.15) is 0 Å². The Bertz CT molecular complexity index is 2930. The van der Waals surface area contributed by atoms with Crippen molar-refractivity contribution in [1.29, 1.82) is 0 Å². The van der Waals surface area contributed by atoms with E-state index < -0.39 is 0 Å². The van der Waals surface area contributed by atoms with Crippen LogP contribution in [0.2, 0.25) is 0 Å². The summed E-state index contributed by atoms with van der Waals surface area (Å²) in [5, 5.41) is 8.04. The lowest BCUT2D eigenvalue weighted by atomic mass is 10.0. The van der Waals surface area contributed by atoms with Crippen LogP contribution < -0.4 is 4.90 Å². The van der Waals surface area contributed by atoms with E-state index in [-0.39, 0.29) is 0 Å². The smallest absolute Gasteiger partial charge is 0.0556 e. The van der Waals surface area contributed by atoms with Gasteiger partial charge in [-0.2, -0.15) is 0 Å². The predicted molar refractivity (Wildman–Crippen MR) is 227 cm³/mol. The molecule has 0 amide bonds. The van der Waals surface area contributed by atoms with Crippen molar-refractivity contribution in [2.45, 2.75) is 0 Å². The number of rotatable bonds is 5. The molecule has 11 aromatic rings. The molecule has 0 aliphatic rings. The summed E-state index contributed by atoms with van der Waals surface area (Å²) >= 11 is 3.84. The van der Waals surface area contributed by atoms with Gasteiger partial charge in [0, 0.05) is 73.9 Å². The molecule has 0 aliphatic carbocycles. The molecular formula is C48H30N2S2. The van der Waals surface area contributed by atoms with Crippen LogP contribution >= 0.6 is 22.7 Å². The van der Waals surface area contributed by atoms with Gasteiger partial charge in [-0.05, 0) is 83.9 Å². The molecule has 4 heteroatoms. The average Bonchev–Trinajstić information content (AvgIpc) is 3.89. The van der Waals surface area contributed by atoms with Gasteiger partial charge in [-0.1, -0.05) is 109 Å². The topological polar surface area (TPSA) is 8.17 Å². The molecule has 244 valence electrons. The van der Waals surface area contributed by atoms with Gasteiger partial charge >= 0.3 is 0 Å². The number of benzene rings is 8. The average molecular weight is 699 g/mol. The first-order valence-corrected chi connectivity index (χ1v) is 19.2. The lowest BCUT2D eigenvalue weighted by molar-refractivity contribution is 1.18. The maximum Gasteiger partial charge on any atom is 0.0556 e. The van der Waals surface area contributed by atoms with E-state index in [1.54, 1.807) is 0 Å². The molecule has 0 N–H and O–H groups in total. The van der Waals surface area contributed by atoms with Crippen LogP contribution in [0.5, 0.6) is 0 Å². The molecule has 0 saturated carbocycles. The van der Waals surface area contributed by atoms with Crippen LogP contribution in [0, 0.1) is 0 Å². The van der Waals surface area contributed by atoms with Gasteiger partial charge in [-0.15, -0.1) is 22.7 Å². The molecule has 0 bridgehead atoms. The summed E-state index contributed by atoms with van der Waals surface area (Å²) in [5.74, 6) is 0.